The van der Waals surface area contributed by atoms with Gasteiger partial charge in [0.2, 0.25) is 0 Å². The first-order chi connectivity index (χ1) is 9.54. The number of aromatic nitrogens is 2. The van der Waals surface area contributed by atoms with Crippen LogP contribution in [-0.2, 0) is 0 Å². The van der Waals surface area contributed by atoms with Crippen LogP contribution in [0.3, 0.4) is 0 Å². The maximum Gasteiger partial charge on any atom is 0.162 e. The summed E-state index contributed by atoms with van der Waals surface area (Å²) in [5.41, 5.74) is 11.5. The van der Waals surface area contributed by atoms with Gasteiger partial charge in [-0.1, -0.05) is 29.3 Å². The van der Waals surface area contributed by atoms with Gasteiger partial charge in [0.05, 0.1) is 5.52 Å². The van der Waals surface area contributed by atoms with E-state index in [0.717, 1.165) is 22.0 Å². The Hall–Kier alpha value is -2.42. The molecular weight excluding hydrogens is 246 g/mol. The molecule has 0 aliphatic rings. The molecule has 0 amide bonds. The smallest absolute Gasteiger partial charge is 0.162 e. The van der Waals surface area contributed by atoms with Gasteiger partial charge >= 0.3 is 0 Å². The van der Waals surface area contributed by atoms with Crippen molar-refractivity contribution in [3.63, 3.8) is 0 Å². The number of rotatable bonds is 1. The Labute approximate surface area is 118 Å². The van der Waals surface area contributed by atoms with Crippen LogP contribution in [-0.4, -0.2) is 9.97 Å². The highest BCUT2D eigenvalue weighted by Gasteiger charge is 2.09. The lowest BCUT2D eigenvalue weighted by molar-refractivity contribution is 1.22. The molecule has 1 aromatic heterocycles. The molecule has 3 aromatic rings. The molecule has 20 heavy (non-hydrogen) atoms. The minimum Gasteiger partial charge on any atom is -0.383 e. The van der Waals surface area contributed by atoms with Crippen molar-refractivity contribution in [2.24, 2.45) is 0 Å². The largest absolute Gasteiger partial charge is 0.383 e. The number of anilines is 1. The van der Waals surface area contributed by atoms with E-state index in [2.05, 4.69) is 42.0 Å². The van der Waals surface area contributed by atoms with E-state index in [0.29, 0.717) is 11.6 Å². The molecule has 0 fully saturated rings. The number of nitrogens with zero attached hydrogens (tertiary/aromatic N) is 2. The van der Waals surface area contributed by atoms with Crippen molar-refractivity contribution in [1.29, 1.82) is 0 Å². The van der Waals surface area contributed by atoms with Crippen molar-refractivity contribution < 1.29 is 0 Å². The molecule has 0 radical (unpaired) electrons. The van der Waals surface area contributed by atoms with Crippen LogP contribution in [0, 0.1) is 20.8 Å². The first-order valence-corrected chi connectivity index (χ1v) is 6.66. The minimum atomic E-state index is 0.544. The SMILES string of the molecule is Cc1cc(C)cc(-c2nc(N)c3c(C)cccc3n2)c1. The number of nitrogen functional groups attached to an aromatic ring is 1. The topological polar surface area (TPSA) is 51.8 Å². The molecule has 0 saturated carbocycles. The Morgan fingerprint density at radius 3 is 2.30 bits per heavy atom. The zero-order valence-electron chi connectivity index (χ0n) is 11.9. The zero-order chi connectivity index (χ0) is 14.3. The van der Waals surface area contributed by atoms with Gasteiger partial charge < -0.3 is 5.73 Å². The van der Waals surface area contributed by atoms with Gasteiger partial charge in [0.25, 0.3) is 0 Å². The maximum absolute atomic E-state index is 6.12. The van der Waals surface area contributed by atoms with Crippen molar-refractivity contribution >= 4 is 16.7 Å². The average Bonchev–Trinajstić information content (AvgIpc) is 2.37. The zero-order valence-corrected chi connectivity index (χ0v) is 11.9. The Balaban J connectivity index is 2.27. The van der Waals surface area contributed by atoms with Crippen molar-refractivity contribution in [2.75, 3.05) is 5.73 Å². The first-order valence-electron chi connectivity index (χ1n) is 6.66. The molecule has 0 aliphatic heterocycles. The number of fused-ring (bicyclic) bond motifs is 1. The van der Waals surface area contributed by atoms with E-state index in [4.69, 9.17) is 5.73 Å². The molecule has 0 spiro atoms. The van der Waals surface area contributed by atoms with E-state index < -0.39 is 0 Å². The fourth-order valence-corrected chi connectivity index (χ4v) is 2.62. The number of nitrogens with two attached hydrogens (primary N) is 1. The molecule has 3 heteroatoms. The van der Waals surface area contributed by atoms with Gasteiger partial charge in [-0.05, 0) is 44.5 Å². The Morgan fingerprint density at radius 2 is 1.60 bits per heavy atom. The van der Waals surface area contributed by atoms with Gasteiger partial charge in [0, 0.05) is 10.9 Å². The fraction of sp³-hybridized carbons (Fsp3) is 0.176. The van der Waals surface area contributed by atoms with Gasteiger partial charge in [-0.2, -0.15) is 0 Å². The third-order valence-corrected chi connectivity index (χ3v) is 3.44. The minimum absolute atomic E-state index is 0.544. The summed E-state index contributed by atoms with van der Waals surface area (Å²) < 4.78 is 0. The lowest BCUT2D eigenvalue weighted by atomic mass is 10.1. The third kappa shape index (κ3) is 2.11. The molecule has 3 rings (SSSR count). The van der Waals surface area contributed by atoms with Crippen molar-refractivity contribution in [3.05, 3.63) is 53.1 Å². The Morgan fingerprint density at radius 1 is 0.900 bits per heavy atom. The summed E-state index contributed by atoms with van der Waals surface area (Å²) in [6, 6.07) is 12.3. The van der Waals surface area contributed by atoms with Crippen LogP contribution in [0.2, 0.25) is 0 Å². The molecule has 100 valence electrons. The van der Waals surface area contributed by atoms with Crippen LogP contribution < -0.4 is 5.73 Å². The van der Waals surface area contributed by atoms with E-state index in [1.165, 1.54) is 11.1 Å². The van der Waals surface area contributed by atoms with Gasteiger partial charge in [-0.25, -0.2) is 9.97 Å². The molecule has 1 heterocycles. The fourth-order valence-electron chi connectivity index (χ4n) is 2.62. The van der Waals surface area contributed by atoms with E-state index in [-0.39, 0.29) is 0 Å². The highest BCUT2D eigenvalue weighted by atomic mass is 14.9. The maximum atomic E-state index is 6.12. The van der Waals surface area contributed by atoms with E-state index in [9.17, 15) is 0 Å². The molecule has 0 bridgehead atoms. The van der Waals surface area contributed by atoms with E-state index >= 15 is 0 Å². The predicted octanol–water partition coefficient (Wildman–Crippen LogP) is 3.80. The van der Waals surface area contributed by atoms with Crippen molar-refractivity contribution in [1.82, 2.24) is 9.97 Å². The number of hydrogen-bond donors (Lipinski definition) is 1. The summed E-state index contributed by atoms with van der Waals surface area (Å²) >= 11 is 0. The molecule has 2 aromatic carbocycles. The van der Waals surface area contributed by atoms with Crippen molar-refractivity contribution in [2.45, 2.75) is 20.8 Å². The van der Waals surface area contributed by atoms with Gasteiger partial charge in [0.1, 0.15) is 5.82 Å². The molecule has 0 aliphatic carbocycles. The van der Waals surface area contributed by atoms with Crippen LogP contribution >= 0.6 is 0 Å². The molecule has 0 atom stereocenters. The summed E-state index contributed by atoms with van der Waals surface area (Å²) in [5.74, 6) is 1.23. The van der Waals surface area contributed by atoms with Gasteiger partial charge in [-0.15, -0.1) is 0 Å². The van der Waals surface area contributed by atoms with E-state index in [1.807, 2.05) is 25.1 Å². The summed E-state index contributed by atoms with van der Waals surface area (Å²) in [5, 5.41) is 0.945. The Bertz CT molecular complexity index is 786. The van der Waals surface area contributed by atoms with Crippen LogP contribution in [0.15, 0.2) is 36.4 Å². The second-order valence-corrected chi connectivity index (χ2v) is 5.28. The lowest BCUT2D eigenvalue weighted by Gasteiger charge is -2.09. The summed E-state index contributed by atoms with van der Waals surface area (Å²) in [4.78, 5) is 9.14. The van der Waals surface area contributed by atoms with Gasteiger partial charge in [0.15, 0.2) is 5.82 Å². The second kappa shape index (κ2) is 4.60. The highest BCUT2D eigenvalue weighted by molar-refractivity contribution is 5.92. The first kappa shape index (κ1) is 12.6. The van der Waals surface area contributed by atoms with Crippen molar-refractivity contribution in [3.8, 4) is 11.4 Å². The molecular formula is C17H17N3. The average molecular weight is 263 g/mol. The molecule has 0 saturated heterocycles. The number of aryl methyl sites for hydroxylation is 3. The monoisotopic (exact) mass is 263 g/mol. The molecule has 2 N–H and O–H groups in total. The number of benzene rings is 2. The normalized spacial score (nSPS) is 10.9. The van der Waals surface area contributed by atoms with Crippen LogP contribution in [0.1, 0.15) is 16.7 Å². The third-order valence-electron chi connectivity index (χ3n) is 3.44. The lowest BCUT2D eigenvalue weighted by Crippen LogP contribution is -1.99. The quantitative estimate of drug-likeness (QED) is 0.726. The highest BCUT2D eigenvalue weighted by Crippen LogP contribution is 2.26. The number of hydrogen-bond acceptors (Lipinski definition) is 3. The van der Waals surface area contributed by atoms with E-state index in [1.54, 1.807) is 0 Å². The van der Waals surface area contributed by atoms with Crippen LogP contribution in [0.5, 0.6) is 0 Å². The van der Waals surface area contributed by atoms with Crippen LogP contribution in [0.4, 0.5) is 5.82 Å². The predicted molar refractivity (Wildman–Crippen MR) is 83.6 cm³/mol. The summed E-state index contributed by atoms with van der Waals surface area (Å²) in [6.07, 6.45) is 0. The summed E-state index contributed by atoms with van der Waals surface area (Å²) in [7, 11) is 0. The molecule has 0 unspecified atom stereocenters. The van der Waals surface area contributed by atoms with Gasteiger partial charge in [-0.3, -0.25) is 0 Å². The Kier molecular flexibility index (Phi) is 2.90. The van der Waals surface area contributed by atoms with Crippen LogP contribution in [0.25, 0.3) is 22.3 Å². The second-order valence-electron chi connectivity index (χ2n) is 5.28. The standard InChI is InChI=1S/C17H17N3/c1-10-7-11(2)9-13(8-10)17-19-14-6-4-5-12(3)15(14)16(18)20-17/h4-9H,1-3H3,(H2,18,19,20). The molecule has 3 nitrogen and oxygen atoms in total. The summed E-state index contributed by atoms with van der Waals surface area (Å²) in [6.45, 7) is 6.18.